The van der Waals surface area contributed by atoms with Gasteiger partial charge < -0.3 is 20.1 Å². The third-order valence-corrected chi connectivity index (χ3v) is 2.57. The summed E-state index contributed by atoms with van der Waals surface area (Å²) in [6, 6.07) is 5.49. The van der Waals surface area contributed by atoms with E-state index in [1.54, 1.807) is 20.0 Å². The van der Waals surface area contributed by atoms with E-state index in [9.17, 15) is 13.6 Å². The number of halogens is 2. The zero-order valence-electron chi connectivity index (χ0n) is 11.3. The van der Waals surface area contributed by atoms with E-state index >= 15 is 0 Å². The Kier molecular flexibility index (Phi) is 6.17. The Morgan fingerprint density at radius 1 is 1.45 bits per heavy atom. The zero-order valence-corrected chi connectivity index (χ0v) is 11.3. The highest BCUT2D eigenvalue weighted by atomic mass is 19.3. The maximum absolute atomic E-state index is 12.2. The molecule has 0 saturated carbocycles. The fraction of sp³-hybridized carbons (Fsp3) is 0.462. The van der Waals surface area contributed by atoms with Crippen molar-refractivity contribution in [3.63, 3.8) is 0 Å². The molecule has 0 radical (unpaired) electrons. The lowest BCUT2D eigenvalue weighted by atomic mass is 10.3. The van der Waals surface area contributed by atoms with E-state index in [2.05, 4.69) is 10.1 Å². The molecule has 0 spiro atoms. The van der Waals surface area contributed by atoms with E-state index in [4.69, 9.17) is 5.11 Å². The molecule has 0 bridgehead atoms. The second-order valence-electron chi connectivity index (χ2n) is 4.36. The van der Waals surface area contributed by atoms with Gasteiger partial charge in [0.15, 0.2) is 0 Å². The minimum atomic E-state index is -2.96. The van der Waals surface area contributed by atoms with Crippen LogP contribution < -0.4 is 10.1 Å². The van der Waals surface area contributed by atoms with Crippen LogP contribution in [0, 0.1) is 0 Å². The first-order valence-electron chi connectivity index (χ1n) is 6.14. The number of urea groups is 1. The fourth-order valence-corrected chi connectivity index (χ4v) is 1.46. The van der Waals surface area contributed by atoms with Crippen molar-refractivity contribution in [2.24, 2.45) is 0 Å². The molecule has 20 heavy (non-hydrogen) atoms. The van der Waals surface area contributed by atoms with Crippen LogP contribution in [0.1, 0.15) is 13.3 Å². The quantitative estimate of drug-likeness (QED) is 0.845. The monoisotopic (exact) mass is 288 g/mol. The standard InChI is InChI=1S/C13H18F2N2O3/c1-9(18)7-8-17(2)13(19)16-10-5-3-4-6-11(10)20-12(14)15/h3-6,9,12,18H,7-8H2,1-2H3,(H,16,19). The maximum Gasteiger partial charge on any atom is 0.387 e. The molecule has 1 aromatic rings. The van der Waals surface area contributed by atoms with Gasteiger partial charge in [0.2, 0.25) is 0 Å². The van der Waals surface area contributed by atoms with Crippen molar-refractivity contribution in [3.8, 4) is 5.75 Å². The van der Waals surface area contributed by atoms with E-state index < -0.39 is 18.7 Å². The van der Waals surface area contributed by atoms with Crippen molar-refractivity contribution >= 4 is 11.7 Å². The molecule has 0 heterocycles. The zero-order chi connectivity index (χ0) is 15.1. The first kappa shape index (κ1) is 16.2. The van der Waals surface area contributed by atoms with Gasteiger partial charge in [0.05, 0.1) is 11.8 Å². The Hall–Kier alpha value is -1.89. The number of aliphatic hydroxyl groups excluding tert-OH is 1. The van der Waals surface area contributed by atoms with Crippen molar-refractivity contribution in [1.29, 1.82) is 0 Å². The molecule has 0 aromatic heterocycles. The van der Waals surface area contributed by atoms with E-state index in [0.717, 1.165) is 0 Å². The normalized spacial score (nSPS) is 12.1. The predicted octanol–water partition coefficient (Wildman–Crippen LogP) is 2.52. The van der Waals surface area contributed by atoms with Gasteiger partial charge in [0.25, 0.3) is 0 Å². The molecule has 112 valence electrons. The number of hydrogen-bond acceptors (Lipinski definition) is 3. The van der Waals surface area contributed by atoms with Crippen LogP contribution in [-0.2, 0) is 0 Å². The molecule has 5 nitrogen and oxygen atoms in total. The highest BCUT2D eigenvalue weighted by molar-refractivity contribution is 5.90. The molecule has 1 unspecified atom stereocenters. The van der Waals surface area contributed by atoms with Crippen LogP contribution in [0.15, 0.2) is 24.3 Å². The number of carbonyl (C=O) groups excluding carboxylic acids is 1. The number of amides is 2. The molecule has 1 atom stereocenters. The second-order valence-corrected chi connectivity index (χ2v) is 4.36. The summed E-state index contributed by atoms with van der Waals surface area (Å²) in [6.07, 6.45) is -0.0845. The SMILES string of the molecule is CC(O)CCN(C)C(=O)Nc1ccccc1OC(F)F. The summed E-state index contributed by atoms with van der Waals surface area (Å²) in [5, 5.41) is 11.6. The number of para-hydroxylation sites is 2. The first-order chi connectivity index (χ1) is 9.40. The minimum absolute atomic E-state index is 0.0974. The summed E-state index contributed by atoms with van der Waals surface area (Å²) in [5.74, 6) is -0.0974. The smallest absolute Gasteiger partial charge is 0.387 e. The van der Waals surface area contributed by atoms with Gasteiger partial charge in [-0.15, -0.1) is 0 Å². The van der Waals surface area contributed by atoms with E-state index in [0.29, 0.717) is 13.0 Å². The minimum Gasteiger partial charge on any atom is -0.433 e. The largest absolute Gasteiger partial charge is 0.433 e. The van der Waals surface area contributed by atoms with Gasteiger partial charge in [0.1, 0.15) is 5.75 Å². The van der Waals surface area contributed by atoms with Gasteiger partial charge in [-0.05, 0) is 25.5 Å². The summed E-state index contributed by atoms with van der Waals surface area (Å²) in [5.41, 5.74) is 0.168. The van der Waals surface area contributed by atoms with Gasteiger partial charge in [0, 0.05) is 13.6 Å². The van der Waals surface area contributed by atoms with Crippen molar-refractivity contribution in [3.05, 3.63) is 24.3 Å². The van der Waals surface area contributed by atoms with Gasteiger partial charge in [-0.3, -0.25) is 0 Å². The Balaban J connectivity index is 2.65. The molecule has 0 aliphatic heterocycles. The van der Waals surface area contributed by atoms with E-state index in [-0.39, 0.29) is 11.4 Å². The number of anilines is 1. The Morgan fingerprint density at radius 2 is 2.10 bits per heavy atom. The number of hydrogen-bond donors (Lipinski definition) is 2. The molecule has 0 aliphatic rings. The lowest BCUT2D eigenvalue weighted by Crippen LogP contribution is -2.33. The van der Waals surface area contributed by atoms with Gasteiger partial charge >= 0.3 is 12.6 Å². The van der Waals surface area contributed by atoms with Crippen LogP contribution in [-0.4, -0.2) is 42.3 Å². The number of carbonyl (C=O) groups is 1. The lowest BCUT2D eigenvalue weighted by Gasteiger charge is -2.19. The molecule has 0 saturated heterocycles. The molecule has 0 aliphatic carbocycles. The summed E-state index contributed by atoms with van der Waals surface area (Å²) < 4.78 is 28.8. The maximum atomic E-state index is 12.2. The number of rotatable bonds is 6. The lowest BCUT2D eigenvalue weighted by molar-refractivity contribution is -0.0493. The number of benzene rings is 1. The van der Waals surface area contributed by atoms with Crippen LogP contribution in [0.3, 0.4) is 0 Å². The van der Waals surface area contributed by atoms with Gasteiger partial charge in [-0.1, -0.05) is 12.1 Å². The van der Waals surface area contributed by atoms with Crippen molar-refractivity contribution in [1.82, 2.24) is 4.90 Å². The van der Waals surface area contributed by atoms with Gasteiger partial charge in [-0.2, -0.15) is 8.78 Å². The summed E-state index contributed by atoms with van der Waals surface area (Å²) >= 11 is 0. The molecule has 1 rings (SSSR count). The molecular weight excluding hydrogens is 270 g/mol. The number of ether oxygens (including phenoxy) is 1. The summed E-state index contributed by atoms with van der Waals surface area (Å²) in [6.45, 7) is -0.986. The van der Waals surface area contributed by atoms with Crippen molar-refractivity contribution < 1.29 is 23.4 Å². The number of nitrogens with one attached hydrogen (secondary N) is 1. The Labute approximate surface area is 116 Å². The van der Waals surface area contributed by atoms with Crippen molar-refractivity contribution in [2.75, 3.05) is 18.9 Å². The molecule has 1 aromatic carbocycles. The van der Waals surface area contributed by atoms with E-state index in [1.165, 1.54) is 23.1 Å². The highest BCUT2D eigenvalue weighted by Crippen LogP contribution is 2.25. The highest BCUT2D eigenvalue weighted by Gasteiger charge is 2.14. The topological polar surface area (TPSA) is 61.8 Å². The van der Waals surface area contributed by atoms with Crippen LogP contribution in [0.25, 0.3) is 0 Å². The number of alkyl halides is 2. The second kappa shape index (κ2) is 7.64. The van der Waals surface area contributed by atoms with Crippen molar-refractivity contribution in [2.45, 2.75) is 26.1 Å². The third-order valence-electron chi connectivity index (χ3n) is 2.57. The number of aliphatic hydroxyl groups is 1. The molecular formula is C13H18F2N2O3. The molecule has 0 fully saturated rings. The van der Waals surface area contributed by atoms with Crippen LogP contribution in [0.2, 0.25) is 0 Å². The Morgan fingerprint density at radius 3 is 2.70 bits per heavy atom. The molecule has 2 amide bonds. The average Bonchev–Trinajstić information content (AvgIpc) is 2.37. The molecule has 2 N–H and O–H groups in total. The predicted molar refractivity (Wildman–Crippen MR) is 71.0 cm³/mol. The average molecular weight is 288 g/mol. The summed E-state index contributed by atoms with van der Waals surface area (Å²) in [7, 11) is 1.55. The Bertz CT molecular complexity index is 441. The third kappa shape index (κ3) is 5.40. The molecule has 7 heteroatoms. The van der Waals surface area contributed by atoms with Crippen LogP contribution in [0.5, 0.6) is 5.75 Å². The number of nitrogens with zero attached hydrogens (tertiary/aromatic N) is 1. The first-order valence-corrected chi connectivity index (χ1v) is 6.14. The summed E-state index contributed by atoms with van der Waals surface area (Å²) in [4.78, 5) is 13.2. The van der Waals surface area contributed by atoms with E-state index in [1.807, 2.05) is 0 Å². The van der Waals surface area contributed by atoms with Crippen LogP contribution in [0.4, 0.5) is 19.3 Å². The van der Waals surface area contributed by atoms with Gasteiger partial charge in [-0.25, -0.2) is 4.79 Å². The van der Waals surface area contributed by atoms with Crippen LogP contribution >= 0.6 is 0 Å². The fourth-order valence-electron chi connectivity index (χ4n) is 1.46.